The van der Waals surface area contributed by atoms with Crippen molar-refractivity contribution >= 4 is 0 Å². The zero-order valence-corrected chi connectivity index (χ0v) is 10.2. The van der Waals surface area contributed by atoms with E-state index in [1.54, 1.807) is 0 Å². The van der Waals surface area contributed by atoms with Crippen LogP contribution in [0.15, 0.2) is 36.5 Å². The number of hydrogen-bond donors (Lipinski definition) is 2. The average molecular weight is 221 g/mol. The molecule has 2 nitrogen and oxygen atoms in total. The molecule has 1 rings (SSSR count). The molecule has 0 aromatic carbocycles. The predicted molar refractivity (Wildman–Crippen MR) is 69.3 cm³/mol. The molecule has 2 atom stereocenters. The van der Waals surface area contributed by atoms with Crippen molar-refractivity contribution in [3.05, 3.63) is 36.5 Å². The van der Waals surface area contributed by atoms with E-state index in [1.165, 1.54) is 5.57 Å². The molecule has 0 saturated carbocycles. The van der Waals surface area contributed by atoms with Crippen LogP contribution < -0.4 is 5.32 Å². The molecule has 1 aliphatic rings. The van der Waals surface area contributed by atoms with Crippen molar-refractivity contribution in [2.45, 2.75) is 19.8 Å². The first-order valence-electron chi connectivity index (χ1n) is 6.10. The van der Waals surface area contributed by atoms with Gasteiger partial charge in [0.05, 0.1) is 6.61 Å². The van der Waals surface area contributed by atoms with Crippen molar-refractivity contribution in [3.63, 3.8) is 0 Å². The largest absolute Gasteiger partial charge is 0.395 e. The summed E-state index contributed by atoms with van der Waals surface area (Å²) in [6, 6.07) is 0. The maximum Gasteiger partial charge on any atom is 0.0555 e. The molecule has 0 radical (unpaired) electrons. The number of aliphatic hydroxyl groups is 1. The van der Waals surface area contributed by atoms with Gasteiger partial charge in [0.25, 0.3) is 0 Å². The Morgan fingerprint density at radius 2 is 2.38 bits per heavy atom. The van der Waals surface area contributed by atoms with Crippen molar-refractivity contribution in [3.8, 4) is 0 Å². The lowest BCUT2D eigenvalue weighted by Crippen LogP contribution is -2.22. The van der Waals surface area contributed by atoms with E-state index in [0.717, 1.165) is 19.4 Å². The second-order valence-electron chi connectivity index (χ2n) is 4.41. The normalized spacial score (nSPS) is 25.0. The fraction of sp³-hybridized carbons (Fsp3) is 0.571. The van der Waals surface area contributed by atoms with Gasteiger partial charge in [0.2, 0.25) is 0 Å². The van der Waals surface area contributed by atoms with Gasteiger partial charge in [0, 0.05) is 6.54 Å². The SMILES string of the molecule is C=CC1=CCC(C)C(CCNCCO)C=C1. The quantitative estimate of drug-likeness (QED) is 0.674. The Morgan fingerprint density at radius 3 is 3.06 bits per heavy atom. The highest BCUT2D eigenvalue weighted by atomic mass is 16.3. The zero-order valence-electron chi connectivity index (χ0n) is 10.2. The van der Waals surface area contributed by atoms with Crippen molar-refractivity contribution in [2.75, 3.05) is 19.7 Å². The van der Waals surface area contributed by atoms with Crippen LogP contribution >= 0.6 is 0 Å². The number of hydrogen-bond acceptors (Lipinski definition) is 2. The second kappa shape index (κ2) is 7.42. The topological polar surface area (TPSA) is 32.3 Å². The summed E-state index contributed by atoms with van der Waals surface area (Å²) >= 11 is 0. The standard InChI is InChI=1S/C14H23NO/c1-3-13-5-4-12(2)14(7-6-13)8-9-15-10-11-16/h3,5-7,12,14-16H,1,4,8-11H2,2H3. The van der Waals surface area contributed by atoms with Crippen LogP contribution in [0.3, 0.4) is 0 Å². The van der Waals surface area contributed by atoms with Crippen LogP contribution in [-0.2, 0) is 0 Å². The van der Waals surface area contributed by atoms with Crippen molar-refractivity contribution in [1.82, 2.24) is 5.32 Å². The monoisotopic (exact) mass is 221 g/mol. The highest BCUT2D eigenvalue weighted by molar-refractivity contribution is 5.30. The molecule has 2 unspecified atom stereocenters. The minimum absolute atomic E-state index is 0.220. The minimum atomic E-state index is 0.220. The lowest BCUT2D eigenvalue weighted by Gasteiger charge is -2.18. The van der Waals surface area contributed by atoms with E-state index in [1.807, 2.05) is 6.08 Å². The van der Waals surface area contributed by atoms with Gasteiger partial charge in [0.15, 0.2) is 0 Å². The third-order valence-electron chi connectivity index (χ3n) is 3.17. The molecular formula is C14H23NO. The molecular weight excluding hydrogens is 198 g/mol. The molecule has 0 aromatic heterocycles. The summed E-state index contributed by atoms with van der Waals surface area (Å²) in [5, 5.41) is 11.9. The third-order valence-corrected chi connectivity index (χ3v) is 3.17. The maximum atomic E-state index is 8.67. The molecule has 0 fully saturated rings. The lowest BCUT2D eigenvalue weighted by atomic mass is 9.89. The first kappa shape index (κ1) is 13.2. The van der Waals surface area contributed by atoms with Gasteiger partial charge in [-0.25, -0.2) is 0 Å². The second-order valence-corrected chi connectivity index (χ2v) is 4.41. The fourth-order valence-corrected chi connectivity index (χ4v) is 1.99. The van der Waals surface area contributed by atoms with Crippen LogP contribution in [-0.4, -0.2) is 24.8 Å². The molecule has 0 aromatic rings. The van der Waals surface area contributed by atoms with Crippen molar-refractivity contribution in [2.24, 2.45) is 11.8 Å². The maximum absolute atomic E-state index is 8.67. The van der Waals surface area contributed by atoms with Crippen LogP contribution in [0.25, 0.3) is 0 Å². The summed E-state index contributed by atoms with van der Waals surface area (Å²) in [4.78, 5) is 0. The van der Waals surface area contributed by atoms with Gasteiger partial charge in [-0.15, -0.1) is 0 Å². The molecule has 2 N–H and O–H groups in total. The summed E-state index contributed by atoms with van der Waals surface area (Å²) in [6.45, 7) is 7.99. The molecule has 0 amide bonds. The fourth-order valence-electron chi connectivity index (χ4n) is 1.99. The molecule has 90 valence electrons. The summed E-state index contributed by atoms with van der Waals surface area (Å²) in [5.41, 5.74) is 1.23. The van der Waals surface area contributed by atoms with E-state index in [4.69, 9.17) is 5.11 Å². The van der Waals surface area contributed by atoms with E-state index in [2.05, 4.69) is 37.0 Å². The Morgan fingerprint density at radius 1 is 1.56 bits per heavy atom. The number of nitrogens with one attached hydrogen (secondary N) is 1. The van der Waals surface area contributed by atoms with Crippen LogP contribution in [0, 0.1) is 11.8 Å². The molecule has 16 heavy (non-hydrogen) atoms. The zero-order chi connectivity index (χ0) is 11.8. The van der Waals surface area contributed by atoms with Gasteiger partial charge in [0.1, 0.15) is 0 Å². The van der Waals surface area contributed by atoms with E-state index in [-0.39, 0.29) is 6.61 Å². The minimum Gasteiger partial charge on any atom is -0.395 e. The Labute approximate surface area is 98.8 Å². The van der Waals surface area contributed by atoms with Gasteiger partial charge in [-0.3, -0.25) is 0 Å². The van der Waals surface area contributed by atoms with Gasteiger partial charge in [-0.2, -0.15) is 0 Å². The van der Waals surface area contributed by atoms with Crippen LogP contribution in [0.4, 0.5) is 0 Å². The first-order valence-corrected chi connectivity index (χ1v) is 6.10. The van der Waals surface area contributed by atoms with Gasteiger partial charge in [-0.05, 0) is 36.8 Å². The van der Waals surface area contributed by atoms with E-state index >= 15 is 0 Å². The summed E-state index contributed by atoms with van der Waals surface area (Å²) in [7, 11) is 0. The summed E-state index contributed by atoms with van der Waals surface area (Å²) in [5.74, 6) is 1.31. The lowest BCUT2D eigenvalue weighted by molar-refractivity contribution is 0.289. The van der Waals surface area contributed by atoms with E-state index in [9.17, 15) is 0 Å². The number of rotatable bonds is 6. The Hall–Kier alpha value is -0.860. The van der Waals surface area contributed by atoms with Gasteiger partial charge >= 0.3 is 0 Å². The van der Waals surface area contributed by atoms with Crippen LogP contribution in [0.5, 0.6) is 0 Å². The highest BCUT2D eigenvalue weighted by Crippen LogP contribution is 2.25. The third kappa shape index (κ3) is 4.33. The summed E-state index contributed by atoms with van der Waals surface area (Å²) < 4.78 is 0. The average Bonchev–Trinajstić information content (AvgIpc) is 2.47. The molecule has 0 heterocycles. The molecule has 0 spiro atoms. The van der Waals surface area contributed by atoms with Crippen molar-refractivity contribution in [1.29, 1.82) is 0 Å². The number of allylic oxidation sites excluding steroid dienone is 5. The van der Waals surface area contributed by atoms with Crippen LogP contribution in [0.2, 0.25) is 0 Å². The molecule has 0 bridgehead atoms. The first-order chi connectivity index (χ1) is 7.77. The molecule has 1 aliphatic carbocycles. The highest BCUT2D eigenvalue weighted by Gasteiger charge is 2.15. The van der Waals surface area contributed by atoms with Crippen LogP contribution in [0.1, 0.15) is 19.8 Å². The van der Waals surface area contributed by atoms with E-state index in [0.29, 0.717) is 18.4 Å². The summed E-state index contributed by atoms with van der Waals surface area (Å²) in [6.07, 6.45) is 10.9. The molecule has 2 heteroatoms. The van der Waals surface area contributed by atoms with Crippen molar-refractivity contribution < 1.29 is 5.11 Å². The van der Waals surface area contributed by atoms with Gasteiger partial charge in [-0.1, -0.05) is 37.8 Å². The predicted octanol–water partition coefficient (Wildman–Crippen LogP) is 2.28. The number of aliphatic hydroxyl groups excluding tert-OH is 1. The Kier molecular flexibility index (Phi) is 6.12. The van der Waals surface area contributed by atoms with Gasteiger partial charge < -0.3 is 10.4 Å². The molecule has 0 saturated heterocycles. The smallest absolute Gasteiger partial charge is 0.0555 e. The Bertz CT molecular complexity index is 268. The Balaban J connectivity index is 2.39. The van der Waals surface area contributed by atoms with E-state index < -0.39 is 0 Å². The molecule has 0 aliphatic heterocycles.